The predicted octanol–water partition coefficient (Wildman–Crippen LogP) is 3.80. The average molecular weight is 274 g/mol. The minimum absolute atomic E-state index is 0.402. The number of nitrogens with zero attached hydrogens (tertiary/aromatic N) is 3. The minimum atomic E-state index is 0.402. The highest BCUT2D eigenvalue weighted by Crippen LogP contribution is 2.35. The Hall–Kier alpha value is -0.540. The van der Waals surface area contributed by atoms with Crippen LogP contribution >= 0.6 is 23.2 Å². The van der Waals surface area contributed by atoms with Crippen LogP contribution in [0.25, 0.3) is 0 Å². The van der Waals surface area contributed by atoms with Crippen molar-refractivity contribution in [2.24, 2.45) is 5.92 Å². The average Bonchev–Trinajstić information content (AvgIpc) is 3.07. The lowest BCUT2D eigenvalue weighted by Crippen LogP contribution is -2.28. The minimum Gasteiger partial charge on any atom is -0.366 e. The van der Waals surface area contributed by atoms with Gasteiger partial charge in [-0.1, -0.05) is 37.0 Å². The molecule has 1 aliphatic rings. The Balaban J connectivity index is 2.16. The molecule has 2 rings (SSSR count). The normalized spacial score (nSPS) is 15.4. The van der Waals surface area contributed by atoms with E-state index >= 15 is 0 Å². The molecule has 1 aliphatic carbocycles. The number of hydrogen-bond donors (Lipinski definition) is 0. The van der Waals surface area contributed by atoms with Gasteiger partial charge in [-0.15, -0.1) is 10.2 Å². The van der Waals surface area contributed by atoms with Gasteiger partial charge in [-0.2, -0.15) is 0 Å². The van der Waals surface area contributed by atoms with Crippen LogP contribution < -0.4 is 4.90 Å². The summed E-state index contributed by atoms with van der Waals surface area (Å²) in [5, 5.41) is 8.48. The molecule has 17 heavy (non-hydrogen) atoms. The molecule has 0 saturated heterocycles. The van der Waals surface area contributed by atoms with E-state index in [4.69, 9.17) is 23.2 Å². The Morgan fingerprint density at radius 2 is 2.06 bits per heavy atom. The molecule has 1 saturated carbocycles. The van der Waals surface area contributed by atoms with Crippen molar-refractivity contribution in [1.29, 1.82) is 0 Å². The van der Waals surface area contributed by atoms with Crippen LogP contribution in [0.2, 0.25) is 10.3 Å². The summed E-state index contributed by atoms with van der Waals surface area (Å²) in [4.78, 5) is 2.32. The molecule has 0 spiro atoms. The van der Waals surface area contributed by atoms with Gasteiger partial charge in [0.05, 0.1) is 5.69 Å². The van der Waals surface area contributed by atoms with E-state index in [1.165, 1.54) is 12.8 Å². The summed E-state index contributed by atoms with van der Waals surface area (Å²) in [6.45, 7) is 5.46. The maximum absolute atomic E-state index is 6.10. The molecular weight excluding hydrogens is 257 g/mol. The molecule has 0 radical (unpaired) electrons. The second-order valence-electron chi connectivity index (χ2n) is 4.95. The molecule has 5 heteroatoms. The Labute approximate surface area is 112 Å². The van der Waals surface area contributed by atoms with Gasteiger partial charge in [-0.05, 0) is 25.2 Å². The van der Waals surface area contributed by atoms with Crippen molar-refractivity contribution in [2.75, 3.05) is 11.4 Å². The summed E-state index contributed by atoms with van der Waals surface area (Å²) in [6.07, 6.45) is 3.61. The topological polar surface area (TPSA) is 29.0 Å². The summed E-state index contributed by atoms with van der Waals surface area (Å²) in [5.41, 5.74) is 0.926. The van der Waals surface area contributed by atoms with E-state index < -0.39 is 0 Å². The standard InChI is InChI=1S/C12H17Cl2N3/c1-8(2)5-6-17(9-3-4-9)10-7-11(13)15-16-12(10)14/h7-9H,3-6H2,1-2H3. The van der Waals surface area contributed by atoms with E-state index in [1.807, 2.05) is 6.07 Å². The first kappa shape index (κ1) is 12.9. The van der Waals surface area contributed by atoms with Gasteiger partial charge in [0.15, 0.2) is 10.3 Å². The Bertz CT molecular complexity index is 391. The van der Waals surface area contributed by atoms with E-state index in [9.17, 15) is 0 Å². The summed E-state index contributed by atoms with van der Waals surface area (Å²) in [6, 6.07) is 2.42. The maximum atomic E-state index is 6.10. The van der Waals surface area contributed by atoms with Crippen molar-refractivity contribution < 1.29 is 0 Å². The third-order valence-corrected chi connectivity index (χ3v) is 3.40. The van der Waals surface area contributed by atoms with Crippen LogP contribution in [-0.2, 0) is 0 Å². The highest BCUT2D eigenvalue weighted by molar-refractivity contribution is 6.33. The third kappa shape index (κ3) is 3.46. The van der Waals surface area contributed by atoms with E-state index in [0.29, 0.717) is 22.3 Å². The lowest BCUT2D eigenvalue weighted by atomic mass is 10.1. The van der Waals surface area contributed by atoms with Gasteiger partial charge < -0.3 is 4.90 Å². The lowest BCUT2D eigenvalue weighted by molar-refractivity contribution is 0.570. The van der Waals surface area contributed by atoms with Crippen LogP contribution in [0.3, 0.4) is 0 Å². The fourth-order valence-electron chi connectivity index (χ4n) is 1.83. The van der Waals surface area contributed by atoms with Crippen molar-refractivity contribution >= 4 is 28.9 Å². The molecule has 0 bridgehead atoms. The zero-order valence-corrected chi connectivity index (χ0v) is 11.7. The largest absolute Gasteiger partial charge is 0.366 e. The molecule has 0 aromatic carbocycles. The zero-order valence-electron chi connectivity index (χ0n) is 10.2. The molecule has 1 heterocycles. The number of halogens is 2. The van der Waals surface area contributed by atoms with Gasteiger partial charge >= 0.3 is 0 Å². The molecule has 1 fully saturated rings. The van der Waals surface area contributed by atoms with Crippen molar-refractivity contribution in [2.45, 2.75) is 39.2 Å². The lowest BCUT2D eigenvalue weighted by Gasteiger charge is -2.25. The van der Waals surface area contributed by atoms with Crippen LogP contribution in [0.15, 0.2) is 6.07 Å². The van der Waals surface area contributed by atoms with Crippen LogP contribution in [0, 0.1) is 5.92 Å². The second-order valence-corrected chi connectivity index (χ2v) is 5.70. The summed E-state index contributed by atoms with van der Waals surface area (Å²) in [5.74, 6) is 0.681. The highest BCUT2D eigenvalue weighted by atomic mass is 35.5. The molecule has 0 aliphatic heterocycles. The fourth-order valence-corrected chi connectivity index (χ4v) is 2.17. The van der Waals surface area contributed by atoms with Crippen LogP contribution in [-0.4, -0.2) is 22.8 Å². The highest BCUT2D eigenvalue weighted by Gasteiger charge is 2.30. The van der Waals surface area contributed by atoms with Gasteiger partial charge in [0, 0.05) is 18.7 Å². The van der Waals surface area contributed by atoms with Crippen LogP contribution in [0.4, 0.5) is 5.69 Å². The molecule has 0 atom stereocenters. The molecule has 0 unspecified atom stereocenters. The van der Waals surface area contributed by atoms with Gasteiger partial charge in [-0.3, -0.25) is 0 Å². The summed E-state index contributed by atoms with van der Waals surface area (Å²) < 4.78 is 0. The summed E-state index contributed by atoms with van der Waals surface area (Å²) in [7, 11) is 0. The molecule has 3 nitrogen and oxygen atoms in total. The molecule has 94 valence electrons. The predicted molar refractivity (Wildman–Crippen MR) is 71.9 cm³/mol. The smallest absolute Gasteiger partial charge is 0.175 e. The Morgan fingerprint density at radius 3 is 2.65 bits per heavy atom. The van der Waals surface area contributed by atoms with E-state index in [1.54, 1.807) is 0 Å². The quantitative estimate of drug-likeness (QED) is 0.817. The first-order valence-electron chi connectivity index (χ1n) is 6.03. The van der Waals surface area contributed by atoms with Gasteiger partial charge in [0.1, 0.15) is 0 Å². The molecule has 1 aromatic heterocycles. The second kappa shape index (κ2) is 5.40. The van der Waals surface area contributed by atoms with E-state index in [2.05, 4.69) is 28.9 Å². The van der Waals surface area contributed by atoms with Gasteiger partial charge in [0.2, 0.25) is 0 Å². The van der Waals surface area contributed by atoms with Gasteiger partial charge in [-0.25, -0.2) is 0 Å². The van der Waals surface area contributed by atoms with Crippen LogP contribution in [0.1, 0.15) is 33.1 Å². The molecule has 0 N–H and O–H groups in total. The molecule has 0 amide bonds. The molecule has 1 aromatic rings. The SMILES string of the molecule is CC(C)CCN(c1cc(Cl)nnc1Cl)C1CC1. The van der Waals surface area contributed by atoms with Crippen molar-refractivity contribution in [1.82, 2.24) is 10.2 Å². The first-order valence-corrected chi connectivity index (χ1v) is 6.79. The van der Waals surface area contributed by atoms with Crippen LogP contribution in [0.5, 0.6) is 0 Å². The monoisotopic (exact) mass is 273 g/mol. The van der Waals surface area contributed by atoms with Crippen molar-refractivity contribution in [3.05, 3.63) is 16.4 Å². The maximum Gasteiger partial charge on any atom is 0.175 e. The number of rotatable bonds is 5. The van der Waals surface area contributed by atoms with E-state index in [0.717, 1.165) is 18.7 Å². The van der Waals surface area contributed by atoms with Crippen molar-refractivity contribution in [3.8, 4) is 0 Å². The van der Waals surface area contributed by atoms with Gasteiger partial charge in [0.25, 0.3) is 0 Å². The Morgan fingerprint density at radius 1 is 1.35 bits per heavy atom. The number of anilines is 1. The molecular formula is C12H17Cl2N3. The number of hydrogen-bond acceptors (Lipinski definition) is 3. The Kier molecular flexibility index (Phi) is 4.10. The first-order chi connectivity index (χ1) is 8.08. The fraction of sp³-hybridized carbons (Fsp3) is 0.667. The number of aromatic nitrogens is 2. The van der Waals surface area contributed by atoms with E-state index in [-0.39, 0.29) is 0 Å². The zero-order chi connectivity index (χ0) is 12.4. The third-order valence-electron chi connectivity index (χ3n) is 2.94. The summed E-state index contributed by atoms with van der Waals surface area (Å²) >= 11 is 12.0. The van der Waals surface area contributed by atoms with Crippen molar-refractivity contribution in [3.63, 3.8) is 0 Å².